The van der Waals surface area contributed by atoms with Gasteiger partial charge in [0.05, 0.1) is 11.7 Å². The van der Waals surface area contributed by atoms with E-state index in [4.69, 9.17) is 0 Å². The molecule has 0 saturated carbocycles. The topological polar surface area (TPSA) is 44.4 Å². The van der Waals surface area contributed by atoms with E-state index in [1.165, 1.54) is 11.1 Å². The Morgan fingerprint density at radius 1 is 1.04 bits per heavy atom. The second kappa shape index (κ2) is 8.86. The van der Waals surface area contributed by atoms with Crippen molar-refractivity contribution in [2.45, 2.75) is 45.6 Å². The third-order valence-electron chi connectivity index (χ3n) is 5.17. The first-order valence-electron chi connectivity index (χ1n) is 9.71. The van der Waals surface area contributed by atoms with Gasteiger partial charge in [0.1, 0.15) is 0 Å². The monoisotopic (exact) mass is 351 g/mol. The van der Waals surface area contributed by atoms with Crippen LogP contribution in [0.4, 0.5) is 5.69 Å². The van der Waals surface area contributed by atoms with Crippen molar-refractivity contribution in [2.75, 3.05) is 18.1 Å². The minimum absolute atomic E-state index is 0.0481. The molecule has 2 aromatic carbocycles. The van der Waals surface area contributed by atoms with Gasteiger partial charge in [0.25, 0.3) is 5.91 Å². The largest absolute Gasteiger partial charge is 0.317 e. The van der Waals surface area contributed by atoms with Crippen molar-refractivity contribution in [3.8, 4) is 0 Å². The van der Waals surface area contributed by atoms with Crippen LogP contribution >= 0.6 is 0 Å². The van der Waals surface area contributed by atoms with Gasteiger partial charge in [-0.2, -0.15) is 0 Å². The Hall–Kier alpha value is -2.33. The van der Waals surface area contributed by atoms with E-state index in [2.05, 4.69) is 47.8 Å². The van der Waals surface area contributed by atoms with Crippen LogP contribution in [0.25, 0.3) is 0 Å². The van der Waals surface area contributed by atoms with E-state index < -0.39 is 0 Å². The Labute approximate surface area is 156 Å². The molecule has 1 aliphatic heterocycles. The Balaban J connectivity index is 1.95. The number of hydrogen-bond acceptors (Lipinski definition) is 3. The molecule has 138 valence electrons. The van der Waals surface area contributed by atoms with Crippen molar-refractivity contribution in [3.05, 3.63) is 65.2 Å². The third kappa shape index (κ3) is 4.07. The van der Waals surface area contributed by atoms with Crippen molar-refractivity contribution < 1.29 is 4.79 Å². The smallest absolute Gasteiger partial charge is 0.269 e. The Kier molecular flexibility index (Phi) is 6.29. The summed E-state index contributed by atoms with van der Waals surface area (Å²) >= 11 is 0. The van der Waals surface area contributed by atoms with Gasteiger partial charge in [0.15, 0.2) is 0 Å². The molecular formula is C22H29N3O. The molecule has 1 heterocycles. The number of hydrogen-bond donors (Lipinski definition) is 2. The number of amides is 1. The zero-order valence-electron chi connectivity index (χ0n) is 15.8. The third-order valence-corrected chi connectivity index (χ3v) is 5.17. The predicted octanol–water partition coefficient (Wildman–Crippen LogP) is 3.71. The fraction of sp³-hybridized carbons (Fsp3) is 0.409. The lowest BCUT2D eigenvalue weighted by Crippen LogP contribution is -2.52. The highest BCUT2D eigenvalue weighted by atomic mass is 16.2. The van der Waals surface area contributed by atoms with Crippen LogP contribution in [0.3, 0.4) is 0 Å². The second-order valence-corrected chi connectivity index (χ2v) is 6.78. The number of rotatable bonds is 6. The molecule has 1 aliphatic rings. The molecule has 0 atom stereocenters. The first kappa shape index (κ1) is 18.5. The van der Waals surface area contributed by atoms with Gasteiger partial charge >= 0.3 is 0 Å². The summed E-state index contributed by atoms with van der Waals surface area (Å²) in [5, 5.41) is 5.55. The van der Waals surface area contributed by atoms with Crippen LogP contribution in [-0.2, 0) is 12.8 Å². The van der Waals surface area contributed by atoms with Crippen molar-refractivity contribution in [1.29, 1.82) is 0 Å². The summed E-state index contributed by atoms with van der Waals surface area (Å²) < 4.78 is 0. The SMILES string of the molecule is CCc1cccc(N(NC(=O)c2ccccc2)C2CCNCC2)c1CC. The van der Waals surface area contributed by atoms with Gasteiger partial charge in [-0.15, -0.1) is 0 Å². The number of piperidine rings is 1. The van der Waals surface area contributed by atoms with Crippen molar-refractivity contribution in [3.63, 3.8) is 0 Å². The highest BCUT2D eigenvalue weighted by molar-refractivity contribution is 5.95. The van der Waals surface area contributed by atoms with Gasteiger partial charge in [-0.25, -0.2) is 0 Å². The molecule has 0 aromatic heterocycles. The number of hydrazine groups is 1. The normalized spacial score (nSPS) is 14.8. The summed E-state index contributed by atoms with van der Waals surface area (Å²) in [5.74, 6) is -0.0481. The first-order valence-corrected chi connectivity index (χ1v) is 9.71. The number of benzene rings is 2. The van der Waals surface area contributed by atoms with Crippen molar-refractivity contribution in [1.82, 2.24) is 10.7 Å². The summed E-state index contributed by atoms with van der Waals surface area (Å²) in [6.45, 7) is 6.35. The molecule has 0 unspecified atom stereocenters. The average molecular weight is 351 g/mol. The van der Waals surface area contributed by atoms with Crippen molar-refractivity contribution in [2.24, 2.45) is 0 Å². The number of aryl methyl sites for hydroxylation is 1. The molecule has 1 amide bonds. The maximum absolute atomic E-state index is 12.9. The fourth-order valence-electron chi connectivity index (χ4n) is 3.76. The summed E-state index contributed by atoms with van der Waals surface area (Å²) in [7, 11) is 0. The van der Waals surface area contributed by atoms with E-state index in [0.717, 1.165) is 44.5 Å². The molecule has 3 rings (SSSR count). The van der Waals surface area contributed by atoms with Crippen LogP contribution in [0, 0.1) is 0 Å². The quantitative estimate of drug-likeness (QED) is 0.780. The van der Waals surface area contributed by atoms with Crippen LogP contribution in [-0.4, -0.2) is 25.0 Å². The minimum atomic E-state index is -0.0481. The summed E-state index contributed by atoms with van der Waals surface area (Å²) in [6.07, 6.45) is 4.01. The first-order chi connectivity index (χ1) is 12.7. The van der Waals surface area contributed by atoms with Crippen LogP contribution < -0.4 is 15.8 Å². The summed E-state index contributed by atoms with van der Waals surface area (Å²) in [4.78, 5) is 12.9. The lowest BCUT2D eigenvalue weighted by Gasteiger charge is -2.37. The molecule has 2 N–H and O–H groups in total. The minimum Gasteiger partial charge on any atom is -0.317 e. The van der Waals surface area contributed by atoms with Gasteiger partial charge in [0.2, 0.25) is 0 Å². The van der Waals surface area contributed by atoms with E-state index in [-0.39, 0.29) is 5.91 Å². The Morgan fingerprint density at radius 3 is 2.42 bits per heavy atom. The van der Waals surface area contributed by atoms with E-state index in [0.29, 0.717) is 11.6 Å². The number of nitrogens with one attached hydrogen (secondary N) is 2. The molecule has 4 heteroatoms. The maximum Gasteiger partial charge on any atom is 0.269 e. The molecule has 2 aromatic rings. The van der Waals surface area contributed by atoms with E-state index in [1.54, 1.807) is 0 Å². The van der Waals surface area contributed by atoms with Gasteiger partial charge < -0.3 is 5.32 Å². The van der Waals surface area contributed by atoms with E-state index in [1.807, 2.05) is 30.3 Å². The predicted molar refractivity (Wildman–Crippen MR) is 107 cm³/mol. The molecule has 26 heavy (non-hydrogen) atoms. The van der Waals surface area contributed by atoms with Gasteiger partial charge in [-0.05, 0) is 68.1 Å². The number of carbonyl (C=O) groups excluding carboxylic acids is 1. The van der Waals surface area contributed by atoms with Gasteiger partial charge in [0, 0.05) is 5.56 Å². The Morgan fingerprint density at radius 2 is 1.77 bits per heavy atom. The van der Waals surface area contributed by atoms with Crippen LogP contribution in [0.5, 0.6) is 0 Å². The van der Waals surface area contributed by atoms with Gasteiger partial charge in [-0.1, -0.05) is 44.2 Å². The lowest BCUT2D eigenvalue weighted by molar-refractivity contribution is 0.0942. The highest BCUT2D eigenvalue weighted by Gasteiger charge is 2.25. The molecule has 1 fully saturated rings. The molecule has 0 radical (unpaired) electrons. The molecule has 0 bridgehead atoms. The molecule has 0 aliphatic carbocycles. The van der Waals surface area contributed by atoms with Crippen LogP contribution in [0.2, 0.25) is 0 Å². The van der Waals surface area contributed by atoms with Crippen molar-refractivity contribution >= 4 is 11.6 Å². The molecule has 4 nitrogen and oxygen atoms in total. The number of anilines is 1. The maximum atomic E-state index is 12.9. The fourth-order valence-corrected chi connectivity index (χ4v) is 3.76. The van der Waals surface area contributed by atoms with E-state index in [9.17, 15) is 4.79 Å². The zero-order valence-corrected chi connectivity index (χ0v) is 15.8. The molecule has 1 saturated heterocycles. The van der Waals surface area contributed by atoms with Crippen LogP contribution in [0.15, 0.2) is 48.5 Å². The highest BCUT2D eigenvalue weighted by Crippen LogP contribution is 2.28. The number of carbonyl (C=O) groups is 1. The van der Waals surface area contributed by atoms with Gasteiger partial charge in [-0.3, -0.25) is 15.2 Å². The average Bonchev–Trinajstić information content (AvgIpc) is 2.72. The summed E-state index contributed by atoms with van der Waals surface area (Å²) in [5.41, 5.74) is 7.74. The lowest BCUT2D eigenvalue weighted by atomic mass is 9.98. The zero-order chi connectivity index (χ0) is 18.4. The summed E-state index contributed by atoms with van der Waals surface area (Å²) in [6, 6.07) is 16.2. The number of nitrogens with zero attached hydrogens (tertiary/aromatic N) is 1. The van der Waals surface area contributed by atoms with Crippen LogP contribution in [0.1, 0.15) is 48.2 Å². The van der Waals surface area contributed by atoms with E-state index >= 15 is 0 Å². The molecular weight excluding hydrogens is 322 g/mol. The molecule has 0 spiro atoms. The Bertz CT molecular complexity index is 723. The standard InChI is InChI=1S/C22H29N3O/c1-3-17-11-8-12-21(20(17)4-2)25(19-13-15-23-16-14-19)24-22(26)18-9-6-5-7-10-18/h5-12,19,23H,3-4,13-16H2,1-2H3,(H,24,26). The second-order valence-electron chi connectivity index (χ2n) is 6.78.